The molecule has 0 aromatic heterocycles. The van der Waals surface area contributed by atoms with E-state index >= 15 is 0 Å². The van der Waals surface area contributed by atoms with E-state index in [-0.39, 0.29) is 6.42 Å². The van der Waals surface area contributed by atoms with E-state index in [0.29, 0.717) is 16.7 Å². The number of carboxylic acid groups (broad SMARTS) is 2. The van der Waals surface area contributed by atoms with Crippen LogP contribution in [0.25, 0.3) is 11.1 Å². The lowest BCUT2D eigenvalue weighted by molar-refractivity contribution is -0.136. The number of benzene rings is 2. The van der Waals surface area contributed by atoms with E-state index in [9.17, 15) is 14.0 Å². The van der Waals surface area contributed by atoms with Crippen molar-refractivity contribution in [2.45, 2.75) is 6.42 Å². The van der Waals surface area contributed by atoms with Crippen molar-refractivity contribution in [3.05, 3.63) is 59.4 Å². The minimum Gasteiger partial charge on any atom is -0.481 e. The molecule has 0 fully saturated rings. The summed E-state index contributed by atoms with van der Waals surface area (Å²) in [4.78, 5) is 21.6. The SMILES string of the molecule is O=C(O)Cc1cccc(-c2ccc(F)c(C(=O)O)c2)c1. The number of carboxylic acids is 2. The van der Waals surface area contributed by atoms with E-state index in [1.54, 1.807) is 24.3 Å². The smallest absolute Gasteiger partial charge is 0.338 e. The minimum atomic E-state index is -1.34. The molecule has 0 heterocycles. The second kappa shape index (κ2) is 5.52. The third-order valence-corrected chi connectivity index (χ3v) is 2.81. The summed E-state index contributed by atoms with van der Waals surface area (Å²) in [7, 11) is 0. The molecule has 0 spiro atoms. The Kier molecular flexibility index (Phi) is 3.79. The van der Waals surface area contributed by atoms with Gasteiger partial charge in [-0.25, -0.2) is 9.18 Å². The highest BCUT2D eigenvalue weighted by Gasteiger charge is 2.12. The maximum absolute atomic E-state index is 13.3. The van der Waals surface area contributed by atoms with Crippen molar-refractivity contribution < 1.29 is 24.2 Å². The average Bonchev–Trinajstić information content (AvgIpc) is 2.38. The number of halogens is 1. The van der Waals surface area contributed by atoms with Crippen LogP contribution in [0.15, 0.2) is 42.5 Å². The van der Waals surface area contributed by atoms with Crippen LogP contribution in [0.2, 0.25) is 0 Å². The predicted octanol–water partition coefficient (Wildman–Crippen LogP) is 2.82. The van der Waals surface area contributed by atoms with E-state index in [1.807, 2.05) is 0 Å². The summed E-state index contributed by atoms with van der Waals surface area (Å²) in [6.45, 7) is 0. The second-order valence-corrected chi connectivity index (χ2v) is 4.27. The molecule has 0 radical (unpaired) electrons. The first-order chi connectivity index (χ1) is 9.47. The van der Waals surface area contributed by atoms with Crippen molar-refractivity contribution >= 4 is 11.9 Å². The summed E-state index contributed by atoms with van der Waals surface area (Å²) < 4.78 is 13.3. The van der Waals surface area contributed by atoms with Gasteiger partial charge in [-0.2, -0.15) is 0 Å². The van der Waals surface area contributed by atoms with Crippen LogP contribution in [0, 0.1) is 5.82 Å². The van der Waals surface area contributed by atoms with Gasteiger partial charge in [-0.3, -0.25) is 4.79 Å². The fourth-order valence-electron chi connectivity index (χ4n) is 1.90. The lowest BCUT2D eigenvalue weighted by Gasteiger charge is -2.06. The Balaban J connectivity index is 2.43. The van der Waals surface area contributed by atoms with Crippen molar-refractivity contribution in [2.24, 2.45) is 0 Å². The van der Waals surface area contributed by atoms with Gasteiger partial charge in [-0.15, -0.1) is 0 Å². The van der Waals surface area contributed by atoms with Gasteiger partial charge < -0.3 is 10.2 Å². The summed E-state index contributed by atoms with van der Waals surface area (Å²) in [6, 6.07) is 10.5. The Hall–Kier alpha value is -2.69. The lowest BCUT2D eigenvalue weighted by Crippen LogP contribution is -2.01. The fraction of sp³-hybridized carbons (Fsp3) is 0.0667. The number of hydrogen-bond acceptors (Lipinski definition) is 2. The van der Waals surface area contributed by atoms with Gasteiger partial charge in [0.25, 0.3) is 0 Å². The Morgan fingerprint density at radius 1 is 1.00 bits per heavy atom. The monoisotopic (exact) mass is 274 g/mol. The third-order valence-electron chi connectivity index (χ3n) is 2.81. The summed E-state index contributed by atoms with van der Waals surface area (Å²) >= 11 is 0. The molecular formula is C15H11FO4. The van der Waals surface area contributed by atoms with Crippen molar-refractivity contribution in [3.8, 4) is 11.1 Å². The first kappa shape index (κ1) is 13.7. The van der Waals surface area contributed by atoms with Crippen LogP contribution in [0.3, 0.4) is 0 Å². The van der Waals surface area contributed by atoms with Gasteiger partial charge in [0.05, 0.1) is 12.0 Å². The average molecular weight is 274 g/mol. The van der Waals surface area contributed by atoms with Gasteiger partial charge in [0.15, 0.2) is 0 Å². The number of carbonyl (C=O) groups is 2. The first-order valence-corrected chi connectivity index (χ1v) is 5.81. The highest BCUT2D eigenvalue weighted by Crippen LogP contribution is 2.23. The van der Waals surface area contributed by atoms with E-state index < -0.39 is 23.3 Å². The molecule has 4 nitrogen and oxygen atoms in total. The summed E-state index contributed by atoms with van der Waals surface area (Å²) in [5.74, 6) is -3.10. The van der Waals surface area contributed by atoms with Crippen LogP contribution >= 0.6 is 0 Å². The predicted molar refractivity (Wildman–Crippen MR) is 70.1 cm³/mol. The molecule has 2 rings (SSSR count). The standard InChI is InChI=1S/C15H11FO4/c16-13-5-4-11(8-12(13)15(19)20)10-3-1-2-9(6-10)7-14(17)18/h1-6,8H,7H2,(H,17,18)(H,19,20). The summed E-state index contributed by atoms with van der Waals surface area (Å²) in [5, 5.41) is 17.6. The molecule has 0 aliphatic heterocycles. The molecule has 20 heavy (non-hydrogen) atoms. The number of aromatic carboxylic acids is 1. The van der Waals surface area contributed by atoms with Gasteiger partial charge in [-0.1, -0.05) is 30.3 Å². The molecule has 0 aliphatic rings. The molecule has 0 saturated carbocycles. The second-order valence-electron chi connectivity index (χ2n) is 4.27. The zero-order chi connectivity index (χ0) is 14.7. The van der Waals surface area contributed by atoms with Crippen LogP contribution in [0.5, 0.6) is 0 Å². The Labute approximate surface area is 114 Å². The van der Waals surface area contributed by atoms with Crippen LogP contribution in [-0.4, -0.2) is 22.2 Å². The number of rotatable bonds is 4. The maximum Gasteiger partial charge on any atom is 0.338 e. The quantitative estimate of drug-likeness (QED) is 0.899. The molecule has 0 bridgehead atoms. The van der Waals surface area contributed by atoms with Crippen LogP contribution in [0.4, 0.5) is 4.39 Å². The molecule has 2 aromatic carbocycles. The molecule has 0 aliphatic carbocycles. The molecule has 0 amide bonds. The first-order valence-electron chi connectivity index (χ1n) is 5.81. The fourth-order valence-corrected chi connectivity index (χ4v) is 1.90. The van der Waals surface area contributed by atoms with Crippen molar-refractivity contribution in [1.29, 1.82) is 0 Å². The summed E-state index contributed by atoms with van der Waals surface area (Å²) in [6.07, 6.45) is -0.124. The number of hydrogen-bond donors (Lipinski definition) is 2. The highest BCUT2D eigenvalue weighted by atomic mass is 19.1. The molecule has 5 heteroatoms. The van der Waals surface area contributed by atoms with Gasteiger partial charge in [-0.05, 0) is 28.8 Å². The van der Waals surface area contributed by atoms with Gasteiger partial charge in [0, 0.05) is 0 Å². The van der Waals surface area contributed by atoms with Gasteiger partial charge >= 0.3 is 11.9 Å². The molecule has 0 saturated heterocycles. The largest absolute Gasteiger partial charge is 0.481 e. The van der Waals surface area contributed by atoms with Crippen LogP contribution in [-0.2, 0) is 11.2 Å². The Morgan fingerprint density at radius 3 is 2.35 bits per heavy atom. The van der Waals surface area contributed by atoms with Crippen LogP contribution < -0.4 is 0 Å². The molecule has 2 aromatic rings. The minimum absolute atomic E-state index is 0.124. The normalized spacial score (nSPS) is 10.2. The Morgan fingerprint density at radius 2 is 1.70 bits per heavy atom. The lowest BCUT2D eigenvalue weighted by atomic mass is 10.00. The molecule has 0 atom stereocenters. The molecule has 2 N–H and O–H groups in total. The van der Waals surface area contributed by atoms with E-state index in [0.717, 1.165) is 6.07 Å². The van der Waals surface area contributed by atoms with Crippen molar-refractivity contribution in [1.82, 2.24) is 0 Å². The zero-order valence-corrected chi connectivity index (χ0v) is 10.3. The van der Waals surface area contributed by atoms with Crippen molar-refractivity contribution in [2.75, 3.05) is 0 Å². The zero-order valence-electron chi connectivity index (χ0n) is 10.3. The van der Waals surface area contributed by atoms with E-state index in [2.05, 4.69) is 0 Å². The highest BCUT2D eigenvalue weighted by molar-refractivity contribution is 5.89. The Bertz CT molecular complexity index is 679. The molecular weight excluding hydrogens is 263 g/mol. The van der Waals surface area contributed by atoms with Gasteiger partial charge in [0.2, 0.25) is 0 Å². The summed E-state index contributed by atoms with van der Waals surface area (Å²) in [5.41, 5.74) is 1.35. The third kappa shape index (κ3) is 3.00. The van der Waals surface area contributed by atoms with Crippen LogP contribution in [0.1, 0.15) is 15.9 Å². The van der Waals surface area contributed by atoms with Crippen molar-refractivity contribution in [3.63, 3.8) is 0 Å². The molecule has 102 valence electrons. The number of aliphatic carboxylic acids is 1. The molecule has 0 unspecified atom stereocenters. The van der Waals surface area contributed by atoms with E-state index in [1.165, 1.54) is 12.1 Å². The van der Waals surface area contributed by atoms with E-state index in [4.69, 9.17) is 10.2 Å². The van der Waals surface area contributed by atoms with Gasteiger partial charge in [0.1, 0.15) is 5.82 Å². The maximum atomic E-state index is 13.3. The topological polar surface area (TPSA) is 74.6 Å².